The molecule has 0 saturated carbocycles. The van der Waals surface area contributed by atoms with Gasteiger partial charge in [-0.3, -0.25) is 9.69 Å². The lowest BCUT2D eigenvalue weighted by atomic mass is 9.77. The maximum absolute atomic E-state index is 13.2. The summed E-state index contributed by atoms with van der Waals surface area (Å²) in [6.45, 7) is 3.52. The highest BCUT2D eigenvalue weighted by Gasteiger charge is 2.40. The number of carbonyl (C=O) groups is 1. The van der Waals surface area contributed by atoms with Gasteiger partial charge in [0.05, 0.1) is 12.1 Å². The molecular formula is C23H27FN2O2. The van der Waals surface area contributed by atoms with Crippen LogP contribution < -0.4 is 5.32 Å². The van der Waals surface area contributed by atoms with Gasteiger partial charge in [0.1, 0.15) is 5.82 Å². The van der Waals surface area contributed by atoms with Gasteiger partial charge >= 0.3 is 0 Å². The van der Waals surface area contributed by atoms with Crippen molar-refractivity contribution in [2.45, 2.75) is 38.2 Å². The van der Waals surface area contributed by atoms with Gasteiger partial charge in [-0.2, -0.15) is 0 Å². The van der Waals surface area contributed by atoms with Gasteiger partial charge in [0.15, 0.2) is 0 Å². The first kappa shape index (κ1) is 19.1. The van der Waals surface area contributed by atoms with E-state index in [1.54, 1.807) is 12.1 Å². The highest BCUT2D eigenvalue weighted by atomic mass is 19.1. The Balaban J connectivity index is 1.35. The van der Waals surface area contributed by atoms with E-state index in [9.17, 15) is 14.3 Å². The minimum absolute atomic E-state index is 0.0302. The van der Waals surface area contributed by atoms with Crippen LogP contribution in [-0.2, 0) is 23.2 Å². The van der Waals surface area contributed by atoms with E-state index >= 15 is 0 Å². The smallest absolute Gasteiger partial charge is 0.238 e. The van der Waals surface area contributed by atoms with Crippen molar-refractivity contribution >= 4 is 11.6 Å². The number of rotatable bonds is 4. The summed E-state index contributed by atoms with van der Waals surface area (Å²) in [6.07, 6.45) is 3.93. The van der Waals surface area contributed by atoms with E-state index in [0.717, 1.165) is 24.1 Å². The molecule has 2 aromatic carbocycles. The van der Waals surface area contributed by atoms with E-state index in [4.69, 9.17) is 0 Å². The van der Waals surface area contributed by atoms with Crippen molar-refractivity contribution < 1.29 is 14.3 Å². The maximum Gasteiger partial charge on any atom is 0.238 e. The Kier molecular flexibility index (Phi) is 5.21. The van der Waals surface area contributed by atoms with Crippen LogP contribution in [0.3, 0.4) is 0 Å². The molecule has 148 valence electrons. The lowest BCUT2D eigenvalue weighted by molar-refractivity contribution is -0.120. The zero-order valence-corrected chi connectivity index (χ0v) is 16.2. The summed E-state index contributed by atoms with van der Waals surface area (Å²) in [6, 6.07) is 12.3. The van der Waals surface area contributed by atoms with Crippen molar-refractivity contribution in [3.63, 3.8) is 0 Å². The van der Waals surface area contributed by atoms with Crippen molar-refractivity contribution in [2.75, 3.05) is 25.0 Å². The van der Waals surface area contributed by atoms with Crippen molar-refractivity contribution in [2.24, 2.45) is 5.92 Å². The molecule has 2 aromatic rings. The molecule has 2 aliphatic rings. The van der Waals surface area contributed by atoms with Crippen LogP contribution in [0.5, 0.6) is 0 Å². The third kappa shape index (κ3) is 3.82. The zero-order valence-electron chi connectivity index (χ0n) is 16.2. The molecule has 1 fully saturated rings. The molecule has 1 aliphatic heterocycles. The molecule has 4 rings (SSSR count). The fraction of sp³-hybridized carbons (Fsp3) is 0.435. The van der Waals surface area contributed by atoms with Gasteiger partial charge in [-0.25, -0.2) is 4.39 Å². The van der Waals surface area contributed by atoms with Crippen molar-refractivity contribution in [1.29, 1.82) is 0 Å². The van der Waals surface area contributed by atoms with E-state index < -0.39 is 5.60 Å². The normalized spacial score (nSPS) is 24.8. The van der Waals surface area contributed by atoms with Crippen molar-refractivity contribution in [1.82, 2.24) is 4.90 Å². The molecule has 1 aliphatic carbocycles. The fourth-order valence-corrected chi connectivity index (χ4v) is 4.57. The summed E-state index contributed by atoms with van der Waals surface area (Å²) >= 11 is 0. The van der Waals surface area contributed by atoms with Gasteiger partial charge in [-0.15, -0.1) is 0 Å². The second-order valence-corrected chi connectivity index (χ2v) is 8.20. The lowest BCUT2D eigenvalue weighted by Gasteiger charge is -2.43. The van der Waals surface area contributed by atoms with Crippen LogP contribution in [0.15, 0.2) is 42.5 Å². The Bertz CT molecular complexity index is 867. The first-order valence-electron chi connectivity index (χ1n) is 10.1. The number of benzene rings is 2. The minimum atomic E-state index is -0.985. The van der Waals surface area contributed by atoms with E-state index in [0.29, 0.717) is 26.1 Å². The molecule has 0 bridgehead atoms. The maximum atomic E-state index is 13.2. The van der Waals surface area contributed by atoms with Crippen LogP contribution in [0.2, 0.25) is 0 Å². The summed E-state index contributed by atoms with van der Waals surface area (Å²) in [5.74, 6) is -0.391. The summed E-state index contributed by atoms with van der Waals surface area (Å²) < 4.78 is 13.2. The predicted molar refractivity (Wildman–Crippen MR) is 108 cm³/mol. The molecule has 5 heteroatoms. The number of aryl methyl sites for hydroxylation is 2. The second kappa shape index (κ2) is 7.64. The van der Waals surface area contributed by atoms with Gasteiger partial charge in [-0.05, 0) is 66.6 Å². The van der Waals surface area contributed by atoms with Crippen molar-refractivity contribution in [3.05, 3.63) is 65.0 Å². The number of nitrogens with one attached hydrogen (secondary N) is 1. The van der Waals surface area contributed by atoms with Crippen LogP contribution in [-0.4, -0.2) is 35.5 Å². The fourth-order valence-electron chi connectivity index (χ4n) is 4.57. The molecule has 28 heavy (non-hydrogen) atoms. The first-order chi connectivity index (χ1) is 13.4. The SMILES string of the molecule is CC1CN(CC(=O)Nc2ccc3c(c2)CCC3)CCC1(O)c1ccc(F)cc1. The van der Waals surface area contributed by atoms with Gasteiger partial charge in [-0.1, -0.05) is 25.1 Å². The molecule has 1 heterocycles. The van der Waals surface area contributed by atoms with E-state index in [2.05, 4.69) is 22.3 Å². The van der Waals surface area contributed by atoms with Crippen LogP contribution >= 0.6 is 0 Å². The number of aliphatic hydroxyl groups is 1. The molecular weight excluding hydrogens is 355 g/mol. The number of piperidine rings is 1. The number of hydrogen-bond donors (Lipinski definition) is 2. The average Bonchev–Trinajstić information content (AvgIpc) is 3.13. The molecule has 2 atom stereocenters. The van der Waals surface area contributed by atoms with Crippen molar-refractivity contribution in [3.8, 4) is 0 Å². The molecule has 4 nitrogen and oxygen atoms in total. The number of carbonyl (C=O) groups excluding carboxylic acids is 1. The quantitative estimate of drug-likeness (QED) is 0.851. The Morgan fingerprint density at radius 3 is 2.71 bits per heavy atom. The first-order valence-corrected chi connectivity index (χ1v) is 10.1. The largest absolute Gasteiger partial charge is 0.385 e. The molecule has 1 saturated heterocycles. The van der Waals surface area contributed by atoms with Gasteiger partial charge in [0, 0.05) is 24.7 Å². The minimum Gasteiger partial charge on any atom is -0.385 e. The molecule has 0 radical (unpaired) electrons. The standard InChI is InChI=1S/C23H27FN2O2/c1-16-14-26(12-11-23(16,28)19-6-8-20(24)9-7-19)15-22(27)25-21-10-5-17-3-2-4-18(17)13-21/h5-10,13,16,28H,2-4,11-12,14-15H2,1H3,(H,25,27). The number of anilines is 1. The lowest BCUT2D eigenvalue weighted by Crippen LogP contribution is -2.50. The summed E-state index contributed by atoms with van der Waals surface area (Å²) in [5, 5.41) is 14.1. The Hall–Kier alpha value is -2.24. The number of amides is 1. The highest BCUT2D eigenvalue weighted by molar-refractivity contribution is 5.92. The average molecular weight is 382 g/mol. The Labute approximate surface area is 165 Å². The molecule has 1 amide bonds. The second-order valence-electron chi connectivity index (χ2n) is 8.20. The third-order valence-electron chi connectivity index (χ3n) is 6.25. The number of likely N-dealkylation sites (tertiary alicyclic amines) is 1. The molecule has 2 unspecified atom stereocenters. The van der Waals surface area contributed by atoms with E-state index in [-0.39, 0.29) is 17.6 Å². The summed E-state index contributed by atoms with van der Waals surface area (Å²) in [7, 11) is 0. The predicted octanol–water partition coefficient (Wildman–Crippen LogP) is 3.48. The third-order valence-corrected chi connectivity index (χ3v) is 6.25. The zero-order chi connectivity index (χ0) is 19.7. The molecule has 0 aromatic heterocycles. The molecule has 0 spiro atoms. The topological polar surface area (TPSA) is 52.6 Å². The summed E-state index contributed by atoms with van der Waals surface area (Å²) in [4.78, 5) is 14.6. The molecule has 2 N–H and O–H groups in total. The number of halogens is 1. The number of nitrogens with zero attached hydrogens (tertiary/aromatic N) is 1. The van der Waals surface area contributed by atoms with E-state index in [1.165, 1.54) is 29.7 Å². The Morgan fingerprint density at radius 2 is 1.96 bits per heavy atom. The van der Waals surface area contributed by atoms with Gasteiger partial charge < -0.3 is 10.4 Å². The van der Waals surface area contributed by atoms with Crippen LogP contribution in [0, 0.1) is 11.7 Å². The monoisotopic (exact) mass is 382 g/mol. The summed E-state index contributed by atoms with van der Waals surface area (Å²) in [5.41, 5.74) is 3.35. The van der Waals surface area contributed by atoms with Gasteiger partial charge in [0.25, 0.3) is 0 Å². The van der Waals surface area contributed by atoms with E-state index in [1.807, 2.05) is 13.0 Å². The van der Waals surface area contributed by atoms with Crippen LogP contribution in [0.25, 0.3) is 0 Å². The highest BCUT2D eigenvalue weighted by Crippen LogP contribution is 2.37. The van der Waals surface area contributed by atoms with Crippen LogP contribution in [0.1, 0.15) is 36.5 Å². The number of fused-ring (bicyclic) bond motifs is 1. The number of hydrogen-bond acceptors (Lipinski definition) is 3. The Morgan fingerprint density at radius 1 is 1.21 bits per heavy atom. The van der Waals surface area contributed by atoms with Gasteiger partial charge in [0.2, 0.25) is 5.91 Å². The van der Waals surface area contributed by atoms with Crippen LogP contribution in [0.4, 0.5) is 10.1 Å².